The quantitative estimate of drug-likeness (QED) is 0.464. The molecule has 142 valence electrons. The molecular formula is C24H39F. The summed E-state index contributed by atoms with van der Waals surface area (Å²) in [5.74, 6) is 4.96. The highest BCUT2D eigenvalue weighted by Crippen LogP contribution is 2.46. The minimum Gasteiger partial charge on any atom is -0.247 e. The van der Waals surface area contributed by atoms with Gasteiger partial charge in [0, 0.05) is 0 Å². The maximum atomic E-state index is 14.1. The van der Waals surface area contributed by atoms with Crippen LogP contribution in [0.1, 0.15) is 96.8 Å². The molecule has 4 aliphatic rings. The smallest absolute Gasteiger partial charge is 0.103 e. The van der Waals surface area contributed by atoms with Gasteiger partial charge in [-0.25, -0.2) is 4.39 Å². The van der Waals surface area contributed by atoms with Crippen LogP contribution in [0, 0.1) is 35.5 Å². The fourth-order valence-electron chi connectivity index (χ4n) is 6.79. The summed E-state index contributed by atoms with van der Waals surface area (Å²) in [6.45, 7) is 2.09. The van der Waals surface area contributed by atoms with Crippen molar-refractivity contribution in [1.29, 1.82) is 0 Å². The van der Waals surface area contributed by atoms with Crippen LogP contribution in [-0.2, 0) is 0 Å². The zero-order valence-corrected chi connectivity index (χ0v) is 16.4. The maximum absolute atomic E-state index is 14.1. The van der Waals surface area contributed by atoms with Crippen molar-refractivity contribution in [2.45, 2.75) is 103 Å². The molecule has 0 N–H and O–H groups in total. The van der Waals surface area contributed by atoms with Crippen molar-refractivity contribution >= 4 is 0 Å². The van der Waals surface area contributed by atoms with Gasteiger partial charge < -0.3 is 0 Å². The van der Waals surface area contributed by atoms with Crippen LogP contribution in [0.4, 0.5) is 4.39 Å². The Kier molecular flexibility index (Phi) is 5.87. The van der Waals surface area contributed by atoms with E-state index in [-0.39, 0.29) is 0 Å². The van der Waals surface area contributed by atoms with Gasteiger partial charge >= 0.3 is 0 Å². The van der Waals surface area contributed by atoms with Gasteiger partial charge in [0.2, 0.25) is 0 Å². The highest BCUT2D eigenvalue weighted by Gasteiger charge is 2.34. The van der Waals surface area contributed by atoms with Gasteiger partial charge in [-0.05, 0) is 99.7 Å². The van der Waals surface area contributed by atoms with Crippen LogP contribution in [0.3, 0.4) is 0 Å². The Morgan fingerprint density at radius 1 is 0.760 bits per heavy atom. The number of alkyl halides is 1. The fraction of sp³-hybridized carbons (Fsp3) is 0.917. The second kappa shape index (κ2) is 8.13. The lowest BCUT2D eigenvalue weighted by molar-refractivity contribution is 0.140. The molecule has 0 saturated heterocycles. The lowest BCUT2D eigenvalue weighted by Gasteiger charge is -2.39. The number of halogens is 1. The number of hydrogen-bond acceptors (Lipinski definition) is 0. The molecule has 1 heteroatoms. The van der Waals surface area contributed by atoms with Gasteiger partial charge in [-0.2, -0.15) is 0 Å². The zero-order chi connectivity index (χ0) is 17.2. The molecule has 25 heavy (non-hydrogen) atoms. The summed E-state index contributed by atoms with van der Waals surface area (Å²) in [6, 6.07) is 0. The average molecular weight is 347 g/mol. The molecular weight excluding hydrogens is 307 g/mol. The Morgan fingerprint density at radius 2 is 1.40 bits per heavy atom. The minimum atomic E-state index is -0.553. The van der Waals surface area contributed by atoms with E-state index in [0.29, 0.717) is 11.8 Å². The van der Waals surface area contributed by atoms with Crippen LogP contribution in [0.5, 0.6) is 0 Å². The Balaban J connectivity index is 1.25. The molecule has 3 fully saturated rings. The van der Waals surface area contributed by atoms with Crippen molar-refractivity contribution in [3.63, 3.8) is 0 Å². The van der Waals surface area contributed by atoms with Gasteiger partial charge in [0.15, 0.2) is 0 Å². The van der Waals surface area contributed by atoms with Crippen LogP contribution < -0.4 is 0 Å². The summed E-state index contributed by atoms with van der Waals surface area (Å²) >= 11 is 0. The number of allylic oxidation sites excluding steroid dienone is 2. The van der Waals surface area contributed by atoms with E-state index >= 15 is 0 Å². The molecule has 0 aliphatic heterocycles. The first-order valence-electron chi connectivity index (χ1n) is 11.5. The molecule has 4 aliphatic carbocycles. The summed E-state index contributed by atoms with van der Waals surface area (Å²) in [7, 11) is 0. The van der Waals surface area contributed by atoms with Crippen molar-refractivity contribution in [1.82, 2.24) is 0 Å². The molecule has 0 amide bonds. The first-order valence-corrected chi connectivity index (χ1v) is 11.5. The van der Waals surface area contributed by atoms with E-state index in [1.807, 2.05) is 0 Å². The Hall–Kier alpha value is -0.330. The zero-order valence-electron chi connectivity index (χ0n) is 16.4. The summed E-state index contributed by atoms with van der Waals surface area (Å²) < 4.78 is 14.1. The third-order valence-electron chi connectivity index (χ3n) is 8.66. The molecule has 3 saturated carbocycles. The molecule has 0 aromatic carbocycles. The van der Waals surface area contributed by atoms with Gasteiger partial charge in [0.1, 0.15) is 6.17 Å². The lowest BCUT2D eigenvalue weighted by Crippen LogP contribution is -2.28. The van der Waals surface area contributed by atoms with Crippen LogP contribution in [-0.4, -0.2) is 6.17 Å². The summed E-state index contributed by atoms with van der Waals surface area (Å²) in [4.78, 5) is 0. The molecule has 0 bridgehead atoms. The molecule has 4 unspecified atom stereocenters. The maximum Gasteiger partial charge on any atom is 0.103 e. The third-order valence-corrected chi connectivity index (χ3v) is 8.66. The van der Waals surface area contributed by atoms with E-state index in [4.69, 9.17) is 0 Å². The van der Waals surface area contributed by atoms with E-state index < -0.39 is 6.17 Å². The topological polar surface area (TPSA) is 0 Å². The van der Waals surface area contributed by atoms with Crippen LogP contribution in [0.2, 0.25) is 0 Å². The molecule has 0 aromatic heterocycles. The molecule has 0 aromatic rings. The monoisotopic (exact) mass is 346 g/mol. The van der Waals surface area contributed by atoms with Crippen LogP contribution in [0.25, 0.3) is 0 Å². The number of rotatable bonds is 3. The van der Waals surface area contributed by atoms with E-state index in [1.54, 1.807) is 5.57 Å². The van der Waals surface area contributed by atoms with E-state index in [0.717, 1.165) is 36.5 Å². The van der Waals surface area contributed by atoms with Crippen LogP contribution >= 0.6 is 0 Å². The van der Waals surface area contributed by atoms with Crippen LogP contribution in [0.15, 0.2) is 11.6 Å². The predicted molar refractivity (Wildman–Crippen MR) is 104 cm³/mol. The first-order chi connectivity index (χ1) is 12.2. The summed E-state index contributed by atoms with van der Waals surface area (Å²) in [5, 5.41) is 0. The predicted octanol–water partition coefficient (Wildman–Crippen LogP) is 7.48. The van der Waals surface area contributed by atoms with Gasteiger partial charge in [0.25, 0.3) is 0 Å². The average Bonchev–Trinajstić information content (AvgIpc) is 3.19. The largest absolute Gasteiger partial charge is 0.247 e. The second-order valence-corrected chi connectivity index (χ2v) is 10.0. The Labute approximate surface area is 155 Å². The molecule has 0 nitrogen and oxygen atoms in total. The molecule has 0 heterocycles. The van der Waals surface area contributed by atoms with Crippen molar-refractivity contribution in [2.75, 3.05) is 0 Å². The van der Waals surface area contributed by atoms with Gasteiger partial charge in [0.05, 0.1) is 0 Å². The summed E-state index contributed by atoms with van der Waals surface area (Å²) in [6.07, 6.45) is 21.2. The molecule has 4 atom stereocenters. The van der Waals surface area contributed by atoms with Crippen molar-refractivity contribution < 1.29 is 4.39 Å². The minimum absolute atomic E-state index is 0.295. The Bertz CT molecular complexity index is 453. The molecule has 0 spiro atoms. The van der Waals surface area contributed by atoms with Crippen molar-refractivity contribution in [2.24, 2.45) is 35.5 Å². The van der Waals surface area contributed by atoms with Gasteiger partial charge in [-0.15, -0.1) is 0 Å². The van der Waals surface area contributed by atoms with Crippen molar-refractivity contribution in [3.8, 4) is 0 Å². The van der Waals surface area contributed by atoms with Crippen molar-refractivity contribution in [3.05, 3.63) is 11.6 Å². The van der Waals surface area contributed by atoms with Gasteiger partial charge in [-0.3, -0.25) is 0 Å². The van der Waals surface area contributed by atoms with E-state index in [9.17, 15) is 4.39 Å². The lowest BCUT2D eigenvalue weighted by atomic mass is 9.67. The molecule has 0 radical (unpaired) electrons. The fourth-order valence-corrected chi connectivity index (χ4v) is 6.79. The second-order valence-electron chi connectivity index (χ2n) is 10.0. The van der Waals surface area contributed by atoms with E-state index in [1.165, 1.54) is 77.0 Å². The van der Waals surface area contributed by atoms with Gasteiger partial charge in [-0.1, -0.05) is 44.3 Å². The highest BCUT2D eigenvalue weighted by atomic mass is 19.1. The number of hydrogen-bond donors (Lipinski definition) is 0. The SMILES string of the molecule is CC1CCC(C2=CCC(C3CCC(C4CCCC4)CC3)CC2)CC1F. The highest BCUT2D eigenvalue weighted by molar-refractivity contribution is 5.12. The standard InChI is InChI=1S/C24H39F/c1-17-6-7-23(16-24(17)25)22-14-12-21(13-15-22)20-10-8-19(9-11-20)18-4-2-3-5-18/h14,17-21,23-24H,2-13,15-16H2,1H3. The first kappa shape index (κ1) is 18.1. The Morgan fingerprint density at radius 3 is 2.00 bits per heavy atom. The van der Waals surface area contributed by atoms with E-state index in [2.05, 4.69) is 13.0 Å². The normalized spacial score (nSPS) is 43.8. The third kappa shape index (κ3) is 4.16. The molecule has 4 rings (SSSR count). The summed E-state index contributed by atoms with van der Waals surface area (Å²) in [5.41, 5.74) is 1.63.